The lowest BCUT2D eigenvalue weighted by Crippen LogP contribution is -2.39. The van der Waals surface area contributed by atoms with E-state index in [1.54, 1.807) is 15.8 Å². The van der Waals surface area contributed by atoms with Gasteiger partial charge in [-0.05, 0) is 37.6 Å². The summed E-state index contributed by atoms with van der Waals surface area (Å²) in [5, 5.41) is 7.10. The highest BCUT2D eigenvalue weighted by Crippen LogP contribution is 2.08. The Labute approximate surface area is 119 Å². The van der Waals surface area contributed by atoms with Gasteiger partial charge in [0.15, 0.2) is 0 Å². The van der Waals surface area contributed by atoms with E-state index in [9.17, 15) is 4.79 Å². The fraction of sp³-hybridized carbons (Fsp3) is 0.333. The summed E-state index contributed by atoms with van der Waals surface area (Å²) in [6.07, 6.45) is 3.65. The molecule has 106 valence electrons. The molecule has 0 aliphatic heterocycles. The fourth-order valence-corrected chi connectivity index (χ4v) is 1.99. The molecule has 0 spiro atoms. The molecule has 1 aromatic heterocycles. The molecule has 0 aliphatic rings. The molecule has 0 bridgehead atoms. The second-order valence-corrected chi connectivity index (χ2v) is 4.45. The number of hydrogen-bond acceptors (Lipinski definition) is 2. The van der Waals surface area contributed by atoms with Gasteiger partial charge < -0.3 is 10.2 Å². The first-order chi connectivity index (χ1) is 9.74. The smallest absolute Gasteiger partial charge is 0.317 e. The lowest BCUT2D eigenvalue weighted by atomic mass is 10.2. The maximum absolute atomic E-state index is 11.8. The van der Waals surface area contributed by atoms with E-state index in [-0.39, 0.29) is 6.03 Å². The first-order valence-corrected chi connectivity index (χ1v) is 6.86. The lowest BCUT2D eigenvalue weighted by molar-refractivity contribution is 0.203. The second-order valence-electron chi connectivity index (χ2n) is 4.45. The topological polar surface area (TPSA) is 50.2 Å². The van der Waals surface area contributed by atoms with E-state index in [4.69, 9.17) is 0 Å². The van der Waals surface area contributed by atoms with Crippen LogP contribution in [0.5, 0.6) is 0 Å². The van der Waals surface area contributed by atoms with Gasteiger partial charge in [0, 0.05) is 32.0 Å². The molecule has 5 heteroatoms. The minimum atomic E-state index is -0.0221. The van der Waals surface area contributed by atoms with Crippen molar-refractivity contribution in [3.63, 3.8) is 0 Å². The summed E-state index contributed by atoms with van der Waals surface area (Å²) in [4.78, 5) is 13.6. The van der Waals surface area contributed by atoms with E-state index in [1.807, 2.05) is 50.4 Å². The van der Waals surface area contributed by atoms with E-state index >= 15 is 0 Å². The van der Waals surface area contributed by atoms with Crippen molar-refractivity contribution in [2.45, 2.75) is 20.4 Å². The Hall–Kier alpha value is -2.30. The molecule has 0 unspecified atom stereocenters. The van der Waals surface area contributed by atoms with Crippen LogP contribution in [0.25, 0.3) is 5.69 Å². The Bertz CT molecular complexity index is 530. The summed E-state index contributed by atoms with van der Waals surface area (Å²) in [6, 6.07) is 9.85. The van der Waals surface area contributed by atoms with Crippen LogP contribution in [0, 0.1) is 0 Å². The number of carbonyl (C=O) groups is 1. The normalized spacial score (nSPS) is 10.3. The fourth-order valence-electron chi connectivity index (χ4n) is 1.99. The van der Waals surface area contributed by atoms with Crippen LogP contribution in [0.4, 0.5) is 4.79 Å². The quantitative estimate of drug-likeness (QED) is 0.908. The van der Waals surface area contributed by atoms with Gasteiger partial charge in [0.1, 0.15) is 0 Å². The summed E-state index contributed by atoms with van der Waals surface area (Å²) in [7, 11) is 0. The molecule has 0 atom stereocenters. The van der Waals surface area contributed by atoms with Gasteiger partial charge in [-0.1, -0.05) is 12.1 Å². The van der Waals surface area contributed by atoms with Crippen molar-refractivity contribution in [3.05, 3.63) is 48.3 Å². The van der Waals surface area contributed by atoms with Crippen LogP contribution in [-0.4, -0.2) is 33.8 Å². The van der Waals surface area contributed by atoms with Crippen LogP contribution < -0.4 is 5.32 Å². The van der Waals surface area contributed by atoms with Crippen LogP contribution in [0.3, 0.4) is 0 Å². The number of benzene rings is 1. The third kappa shape index (κ3) is 3.38. The van der Waals surface area contributed by atoms with Gasteiger partial charge in [-0.25, -0.2) is 9.48 Å². The van der Waals surface area contributed by atoms with Gasteiger partial charge in [-0.3, -0.25) is 0 Å². The Morgan fingerprint density at radius 1 is 1.25 bits per heavy atom. The van der Waals surface area contributed by atoms with Gasteiger partial charge in [0.2, 0.25) is 0 Å². The molecule has 1 heterocycles. The van der Waals surface area contributed by atoms with Gasteiger partial charge >= 0.3 is 6.03 Å². The molecular weight excluding hydrogens is 252 g/mol. The molecule has 1 N–H and O–H groups in total. The minimum absolute atomic E-state index is 0.0221. The van der Waals surface area contributed by atoms with Crippen molar-refractivity contribution in [3.8, 4) is 5.69 Å². The molecule has 0 aliphatic carbocycles. The monoisotopic (exact) mass is 272 g/mol. The average molecular weight is 272 g/mol. The molecule has 20 heavy (non-hydrogen) atoms. The number of nitrogens with zero attached hydrogens (tertiary/aromatic N) is 3. The SMILES string of the molecule is CCN(CC)C(=O)NCc1ccc(-n2cccn2)cc1. The van der Waals surface area contributed by atoms with E-state index in [1.165, 1.54) is 0 Å². The first-order valence-electron chi connectivity index (χ1n) is 6.86. The predicted octanol–water partition coefficient (Wildman–Crippen LogP) is 2.42. The third-order valence-electron chi connectivity index (χ3n) is 3.20. The van der Waals surface area contributed by atoms with Crippen LogP contribution in [0.15, 0.2) is 42.7 Å². The number of carbonyl (C=O) groups excluding carboxylic acids is 1. The zero-order chi connectivity index (χ0) is 14.4. The largest absolute Gasteiger partial charge is 0.334 e. The number of urea groups is 1. The van der Waals surface area contributed by atoms with Crippen molar-refractivity contribution in [2.75, 3.05) is 13.1 Å². The summed E-state index contributed by atoms with van der Waals surface area (Å²) in [5.41, 5.74) is 2.08. The number of hydrogen-bond donors (Lipinski definition) is 1. The third-order valence-corrected chi connectivity index (χ3v) is 3.20. The van der Waals surface area contributed by atoms with Crippen LogP contribution in [0.1, 0.15) is 19.4 Å². The van der Waals surface area contributed by atoms with Gasteiger partial charge in [-0.15, -0.1) is 0 Å². The molecular formula is C15H20N4O. The van der Waals surface area contributed by atoms with E-state index < -0.39 is 0 Å². The van der Waals surface area contributed by atoms with Crippen molar-refractivity contribution in [2.24, 2.45) is 0 Å². The van der Waals surface area contributed by atoms with Crippen LogP contribution >= 0.6 is 0 Å². The highest BCUT2D eigenvalue weighted by Gasteiger charge is 2.08. The Kier molecular flexibility index (Phi) is 4.76. The minimum Gasteiger partial charge on any atom is -0.334 e. The van der Waals surface area contributed by atoms with Gasteiger partial charge in [0.25, 0.3) is 0 Å². The average Bonchev–Trinajstić information content (AvgIpc) is 3.01. The Balaban J connectivity index is 1.93. The lowest BCUT2D eigenvalue weighted by Gasteiger charge is -2.19. The predicted molar refractivity (Wildman–Crippen MR) is 78.7 cm³/mol. The van der Waals surface area contributed by atoms with Crippen LogP contribution in [-0.2, 0) is 6.54 Å². The molecule has 2 amide bonds. The molecule has 1 aromatic carbocycles. The first kappa shape index (κ1) is 14.1. The maximum atomic E-state index is 11.8. The number of nitrogens with one attached hydrogen (secondary N) is 1. The highest BCUT2D eigenvalue weighted by atomic mass is 16.2. The highest BCUT2D eigenvalue weighted by molar-refractivity contribution is 5.74. The molecule has 0 saturated carbocycles. The van der Waals surface area contributed by atoms with Crippen molar-refractivity contribution in [1.29, 1.82) is 0 Å². The Morgan fingerprint density at radius 2 is 1.95 bits per heavy atom. The number of aromatic nitrogens is 2. The number of amides is 2. The van der Waals surface area contributed by atoms with Crippen molar-refractivity contribution in [1.82, 2.24) is 20.0 Å². The van der Waals surface area contributed by atoms with Crippen molar-refractivity contribution < 1.29 is 4.79 Å². The van der Waals surface area contributed by atoms with Gasteiger partial charge in [0.05, 0.1) is 5.69 Å². The molecule has 2 aromatic rings. The zero-order valence-electron chi connectivity index (χ0n) is 11.9. The molecule has 0 radical (unpaired) electrons. The second kappa shape index (κ2) is 6.75. The van der Waals surface area contributed by atoms with Crippen LogP contribution in [0.2, 0.25) is 0 Å². The molecule has 0 fully saturated rings. The van der Waals surface area contributed by atoms with E-state index in [0.717, 1.165) is 24.3 Å². The summed E-state index contributed by atoms with van der Waals surface area (Å²) >= 11 is 0. The maximum Gasteiger partial charge on any atom is 0.317 e. The Morgan fingerprint density at radius 3 is 2.50 bits per heavy atom. The van der Waals surface area contributed by atoms with E-state index in [2.05, 4.69) is 10.4 Å². The summed E-state index contributed by atoms with van der Waals surface area (Å²) < 4.78 is 1.80. The zero-order valence-corrected chi connectivity index (χ0v) is 11.9. The molecule has 2 rings (SSSR count). The molecule has 5 nitrogen and oxygen atoms in total. The molecule has 0 saturated heterocycles. The summed E-state index contributed by atoms with van der Waals surface area (Å²) in [6.45, 7) is 5.93. The standard InChI is InChI=1S/C15H20N4O/c1-3-18(4-2)15(20)16-12-13-6-8-14(9-7-13)19-11-5-10-17-19/h5-11H,3-4,12H2,1-2H3,(H,16,20). The van der Waals surface area contributed by atoms with Crippen molar-refractivity contribution >= 4 is 6.03 Å². The summed E-state index contributed by atoms with van der Waals surface area (Å²) in [5.74, 6) is 0. The number of rotatable bonds is 5. The van der Waals surface area contributed by atoms with Gasteiger partial charge in [-0.2, -0.15) is 5.10 Å². The van der Waals surface area contributed by atoms with E-state index in [0.29, 0.717) is 6.54 Å².